The predicted octanol–water partition coefficient (Wildman–Crippen LogP) is 1.47. The number of aromatic nitrogens is 2. The smallest absolute Gasteiger partial charge is 0.433 e. The highest BCUT2D eigenvalue weighted by atomic mass is 32.3. The molecule has 0 aliphatic carbocycles. The van der Waals surface area contributed by atoms with Gasteiger partial charge in [-0.25, -0.2) is 9.97 Å². The van der Waals surface area contributed by atoms with Crippen molar-refractivity contribution < 1.29 is 31.6 Å². The van der Waals surface area contributed by atoms with E-state index >= 15 is 0 Å². The van der Waals surface area contributed by atoms with Crippen LogP contribution in [0.4, 0.5) is 5.88 Å². The fourth-order valence-corrected chi connectivity index (χ4v) is 2.36. The number of rotatable bonds is 6. The number of ether oxygens (including phenoxy) is 1. The van der Waals surface area contributed by atoms with E-state index in [1.165, 1.54) is 25.0 Å². The van der Waals surface area contributed by atoms with E-state index in [9.17, 15) is 10.1 Å². The predicted molar refractivity (Wildman–Crippen MR) is 91.7 cm³/mol. The molecule has 1 saturated heterocycles. The molecule has 12 nitrogen and oxygen atoms in total. The van der Waals surface area contributed by atoms with Crippen molar-refractivity contribution in [3.8, 4) is 17.3 Å². The van der Waals surface area contributed by atoms with E-state index in [1.807, 2.05) is 0 Å². The third-order valence-electron chi connectivity index (χ3n) is 3.50. The van der Waals surface area contributed by atoms with Gasteiger partial charge in [-0.05, 0) is 32.0 Å². The second-order valence-electron chi connectivity index (χ2n) is 5.48. The van der Waals surface area contributed by atoms with Crippen LogP contribution >= 0.6 is 0 Å². The molecule has 2 aromatic heterocycles. The van der Waals surface area contributed by atoms with Gasteiger partial charge in [-0.15, -0.1) is 0 Å². The van der Waals surface area contributed by atoms with E-state index < -0.39 is 15.3 Å². The Morgan fingerprint density at radius 3 is 2.33 bits per heavy atom. The van der Waals surface area contributed by atoms with Crippen molar-refractivity contribution in [3.63, 3.8) is 0 Å². The average molecular weight is 402 g/mol. The molecule has 27 heavy (non-hydrogen) atoms. The number of hydrogen-bond donors (Lipinski definition) is 2. The summed E-state index contributed by atoms with van der Waals surface area (Å²) in [5.41, 5.74) is 0. The van der Waals surface area contributed by atoms with Gasteiger partial charge in [0.15, 0.2) is 17.3 Å². The molecule has 0 aromatic carbocycles. The Hall–Kier alpha value is -2.61. The van der Waals surface area contributed by atoms with E-state index in [0.717, 1.165) is 19.6 Å². The normalized spacial score (nSPS) is 14.4. The van der Waals surface area contributed by atoms with Gasteiger partial charge in [-0.1, -0.05) is 0 Å². The zero-order valence-corrected chi connectivity index (χ0v) is 14.9. The van der Waals surface area contributed by atoms with Crippen molar-refractivity contribution in [2.45, 2.75) is 12.8 Å². The maximum Gasteiger partial charge on any atom is 0.433 e. The largest absolute Gasteiger partial charge is 0.489 e. The molecule has 1 fully saturated rings. The molecule has 0 spiro atoms. The van der Waals surface area contributed by atoms with Gasteiger partial charge in [-0.2, -0.15) is 8.42 Å². The van der Waals surface area contributed by atoms with Gasteiger partial charge in [0.05, 0.1) is 18.5 Å². The van der Waals surface area contributed by atoms with Gasteiger partial charge in [0, 0.05) is 6.54 Å². The lowest BCUT2D eigenvalue weighted by Crippen LogP contribution is -2.25. The third kappa shape index (κ3) is 7.65. The first-order valence-electron chi connectivity index (χ1n) is 7.84. The number of furan rings is 1. The number of likely N-dealkylation sites (tertiary alicyclic amines) is 1. The molecule has 0 atom stereocenters. The summed E-state index contributed by atoms with van der Waals surface area (Å²) in [6.07, 6.45) is 5.60. The first-order valence-corrected chi connectivity index (χ1v) is 9.24. The van der Waals surface area contributed by atoms with Crippen LogP contribution in [0.5, 0.6) is 5.75 Å². The lowest BCUT2D eigenvalue weighted by molar-refractivity contribution is -0.401. The first kappa shape index (κ1) is 20.7. The second kappa shape index (κ2) is 9.36. The third-order valence-corrected chi connectivity index (χ3v) is 3.50. The molecule has 0 radical (unpaired) electrons. The minimum Gasteiger partial charge on any atom is -0.489 e. The van der Waals surface area contributed by atoms with Crippen LogP contribution in [0.25, 0.3) is 11.6 Å². The number of nitro groups is 1. The summed E-state index contributed by atoms with van der Waals surface area (Å²) < 4.78 is 42.2. The van der Waals surface area contributed by atoms with Crippen LogP contribution < -0.4 is 4.74 Å². The highest BCUT2D eigenvalue weighted by Crippen LogP contribution is 2.23. The minimum atomic E-state index is -4.67. The summed E-state index contributed by atoms with van der Waals surface area (Å²) in [6.45, 7) is 3.76. The molecule has 2 aromatic rings. The molecule has 0 unspecified atom stereocenters. The topological polar surface area (TPSA) is 169 Å². The minimum absolute atomic E-state index is 0.260. The zero-order chi connectivity index (χ0) is 19.9. The Morgan fingerprint density at radius 1 is 1.22 bits per heavy atom. The molecule has 13 heteroatoms. The van der Waals surface area contributed by atoms with Crippen molar-refractivity contribution in [2.75, 3.05) is 26.2 Å². The highest BCUT2D eigenvalue weighted by molar-refractivity contribution is 7.79. The number of hydrogen-bond acceptors (Lipinski definition) is 9. The summed E-state index contributed by atoms with van der Waals surface area (Å²) in [5, 5.41) is 10.6. The van der Waals surface area contributed by atoms with Crippen LogP contribution in [0.3, 0.4) is 0 Å². The number of nitrogens with zero attached hydrogens (tertiary/aromatic N) is 4. The maximum atomic E-state index is 10.6. The average Bonchev–Trinajstić information content (AvgIpc) is 3.26. The molecular formula is C14H18N4O8S. The Labute approximate surface area is 154 Å². The Bertz CT molecular complexity index is 838. The van der Waals surface area contributed by atoms with E-state index in [-0.39, 0.29) is 11.6 Å². The monoisotopic (exact) mass is 402 g/mol. The molecule has 3 heterocycles. The molecule has 148 valence electrons. The van der Waals surface area contributed by atoms with Crippen molar-refractivity contribution in [1.82, 2.24) is 14.9 Å². The maximum absolute atomic E-state index is 10.6. The highest BCUT2D eigenvalue weighted by Gasteiger charge is 2.15. The molecule has 0 saturated carbocycles. The Balaban J connectivity index is 0.000000465. The van der Waals surface area contributed by atoms with Crippen LogP contribution in [0, 0.1) is 10.1 Å². The van der Waals surface area contributed by atoms with Crippen molar-refractivity contribution in [3.05, 3.63) is 34.6 Å². The van der Waals surface area contributed by atoms with Crippen LogP contribution in [-0.2, 0) is 10.4 Å². The first-order chi connectivity index (χ1) is 12.7. The fraction of sp³-hybridized carbons (Fsp3) is 0.429. The van der Waals surface area contributed by atoms with Crippen molar-refractivity contribution >= 4 is 16.3 Å². The van der Waals surface area contributed by atoms with Gasteiger partial charge < -0.3 is 9.15 Å². The Morgan fingerprint density at radius 2 is 1.81 bits per heavy atom. The molecule has 1 aliphatic rings. The van der Waals surface area contributed by atoms with Crippen molar-refractivity contribution in [1.29, 1.82) is 0 Å². The SMILES string of the molecule is O=S(=O)(O)O.O=[N+]([O-])c1ccc(-c2ncc(OCCN3CCCC3)cn2)o1. The van der Waals surface area contributed by atoms with E-state index in [4.69, 9.17) is 26.7 Å². The summed E-state index contributed by atoms with van der Waals surface area (Å²) in [6, 6.07) is 2.75. The Kier molecular flexibility index (Phi) is 7.18. The van der Waals surface area contributed by atoms with Crippen LogP contribution in [0.2, 0.25) is 0 Å². The summed E-state index contributed by atoms with van der Waals surface area (Å²) in [4.78, 5) is 20.5. The summed E-state index contributed by atoms with van der Waals surface area (Å²) >= 11 is 0. The van der Waals surface area contributed by atoms with Gasteiger partial charge in [0.1, 0.15) is 11.5 Å². The summed E-state index contributed by atoms with van der Waals surface area (Å²) in [7, 11) is -4.67. The van der Waals surface area contributed by atoms with Crippen LogP contribution in [0.15, 0.2) is 28.9 Å². The lowest BCUT2D eigenvalue weighted by atomic mass is 10.4. The van der Waals surface area contributed by atoms with Gasteiger partial charge in [0.25, 0.3) is 0 Å². The molecular weight excluding hydrogens is 384 g/mol. The molecule has 0 bridgehead atoms. The summed E-state index contributed by atoms with van der Waals surface area (Å²) in [5.74, 6) is 0.795. The standard InChI is InChI=1S/C14H16N4O4.H2O4S/c19-18(20)13-4-3-12(22-13)14-15-9-11(10-16-14)21-8-7-17-5-1-2-6-17;1-5(2,3)4/h3-4,9-10H,1-2,5-8H2;(H2,1,2,3,4). The molecule has 3 rings (SSSR count). The van der Waals surface area contributed by atoms with Gasteiger partial charge in [0.2, 0.25) is 0 Å². The lowest BCUT2D eigenvalue weighted by Gasteiger charge is -2.14. The van der Waals surface area contributed by atoms with E-state index in [1.54, 1.807) is 12.4 Å². The second-order valence-corrected chi connectivity index (χ2v) is 6.38. The molecule has 0 amide bonds. The zero-order valence-electron chi connectivity index (χ0n) is 14.1. The van der Waals surface area contributed by atoms with Crippen LogP contribution in [0.1, 0.15) is 12.8 Å². The van der Waals surface area contributed by atoms with Crippen molar-refractivity contribution in [2.24, 2.45) is 0 Å². The van der Waals surface area contributed by atoms with E-state index in [0.29, 0.717) is 18.2 Å². The molecule has 1 aliphatic heterocycles. The van der Waals surface area contributed by atoms with Gasteiger partial charge in [-0.3, -0.25) is 24.1 Å². The van der Waals surface area contributed by atoms with Gasteiger partial charge >= 0.3 is 16.3 Å². The fourth-order valence-electron chi connectivity index (χ4n) is 2.36. The quantitative estimate of drug-likeness (QED) is 0.407. The van der Waals surface area contributed by atoms with E-state index in [2.05, 4.69) is 14.9 Å². The molecule has 2 N–H and O–H groups in total. The van der Waals surface area contributed by atoms with Crippen LogP contribution in [-0.4, -0.2) is 63.6 Å².